The molecule has 8 heteroatoms. The third kappa shape index (κ3) is 3.18. The summed E-state index contributed by atoms with van der Waals surface area (Å²) in [6.07, 6.45) is 0. The molecule has 0 spiro atoms. The van der Waals surface area contributed by atoms with Crippen molar-refractivity contribution in [2.45, 2.75) is 30.9 Å². The lowest BCUT2D eigenvalue weighted by Gasteiger charge is -2.16. The Bertz CT molecular complexity index is 262. The maximum absolute atomic E-state index is 11.3. The van der Waals surface area contributed by atoms with Crippen molar-refractivity contribution in [3.05, 3.63) is 15.3 Å². The van der Waals surface area contributed by atoms with Crippen LogP contribution >= 0.6 is 15.9 Å². The summed E-state index contributed by atoms with van der Waals surface area (Å²) < 4.78 is -2.29. The standard InChI is InChI=1S/C6H12BrN3O4/c1-5(2,3)8-9(12)6(7,4-11)10(13)14/h11H,4H2,1-3H3. The van der Waals surface area contributed by atoms with Gasteiger partial charge in [-0.1, -0.05) is 0 Å². The highest BCUT2D eigenvalue weighted by Gasteiger charge is 2.51. The molecule has 0 aromatic heterocycles. The number of hydroxylamine groups is 1. The molecule has 0 rings (SSSR count). The molecule has 0 aromatic rings. The Morgan fingerprint density at radius 1 is 1.43 bits per heavy atom. The van der Waals surface area contributed by atoms with Crippen molar-refractivity contribution < 1.29 is 14.9 Å². The molecule has 0 saturated heterocycles. The molecule has 82 valence electrons. The van der Waals surface area contributed by atoms with Crippen LogP contribution in [0.3, 0.4) is 0 Å². The van der Waals surface area contributed by atoms with E-state index >= 15 is 0 Å². The number of hydrogen-bond acceptors (Lipinski definition) is 5. The molecule has 0 aliphatic carbocycles. The second-order valence-corrected chi connectivity index (χ2v) is 4.95. The smallest absolute Gasteiger partial charge is 0.514 e. The molecule has 0 saturated carbocycles. The van der Waals surface area contributed by atoms with Crippen LogP contribution in [-0.2, 0) is 0 Å². The molecule has 0 aliphatic rings. The third-order valence-corrected chi connectivity index (χ3v) is 2.01. The molecular formula is C6H12BrN3O4. The van der Waals surface area contributed by atoms with Gasteiger partial charge in [0.2, 0.25) is 0 Å². The van der Waals surface area contributed by atoms with Gasteiger partial charge in [0.05, 0.1) is 15.9 Å². The first-order valence-electron chi connectivity index (χ1n) is 3.78. The van der Waals surface area contributed by atoms with Gasteiger partial charge < -0.3 is 10.3 Å². The zero-order valence-electron chi connectivity index (χ0n) is 8.10. The second-order valence-electron chi connectivity index (χ2n) is 3.68. The summed E-state index contributed by atoms with van der Waals surface area (Å²) in [5.41, 5.74) is -0.744. The van der Waals surface area contributed by atoms with Crippen molar-refractivity contribution in [3.8, 4) is 0 Å². The SMILES string of the molecule is CC(C)(C)N=[N+]([O-])C(Br)(CO)[N+](=O)[O-]. The lowest BCUT2D eigenvalue weighted by atomic mass is 10.1. The number of nitro groups is 1. The molecule has 0 radical (unpaired) electrons. The van der Waals surface area contributed by atoms with Crippen LogP contribution in [-0.4, -0.2) is 31.6 Å². The lowest BCUT2D eigenvalue weighted by molar-refractivity contribution is -0.782. The molecule has 0 fully saturated rings. The van der Waals surface area contributed by atoms with E-state index in [1.807, 2.05) is 0 Å². The van der Waals surface area contributed by atoms with Gasteiger partial charge >= 0.3 is 4.57 Å². The molecule has 0 amide bonds. The van der Waals surface area contributed by atoms with Crippen molar-refractivity contribution in [1.29, 1.82) is 0 Å². The molecular weight excluding hydrogens is 258 g/mol. The van der Waals surface area contributed by atoms with E-state index in [0.717, 1.165) is 0 Å². The van der Waals surface area contributed by atoms with E-state index in [0.29, 0.717) is 0 Å². The summed E-state index contributed by atoms with van der Waals surface area (Å²) in [5.74, 6) is 0. The number of aliphatic hydroxyl groups is 1. The minimum Gasteiger partial charge on any atom is -0.594 e. The molecule has 1 unspecified atom stereocenters. The fraction of sp³-hybridized carbons (Fsp3) is 1.00. The van der Waals surface area contributed by atoms with Crippen molar-refractivity contribution in [2.24, 2.45) is 5.11 Å². The highest BCUT2D eigenvalue weighted by Crippen LogP contribution is 2.21. The maximum atomic E-state index is 11.3. The average molecular weight is 270 g/mol. The Hall–Kier alpha value is -0.760. The number of alkyl halides is 1. The van der Waals surface area contributed by atoms with Crippen LogP contribution in [0, 0.1) is 15.3 Å². The predicted molar refractivity (Wildman–Crippen MR) is 51.5 cm³/mol. The Kier molecular flexibility index (Phi) is 3.95. The lowest BCUT2D eigenvalue weighted by Crippen LogP contribution is -2.44. The average Bonchev–Trinajstić information content (AvgIpc) is 1.99. The summed E-state index contributed by atoms with van der Waals surface area (Å²) >= 11 is 2.54. The van der Waals surface area contributed by atoms with Crippen molar-refractivity contribution >= 4 is 15.9 Å². The quantitative estimate of drug-likeness (QED) is 0.157. The van der Waals surface area contributed by atoms with Crippen LogP contribution in [0.25, 0.3) is 0 Å². The van der Waals surface area contributed by atoms with Gasteiger partial charge in [0.25, 0.3) is 0 Å². The van der Waals surface area contributed by atoms with E-state index in [1.54, 1.807) is 20.8 Å². The van der Waals surface area contributed by atoms with E-state index < -0.39 is 21.6 Å². The summed E-state index contributed by atoms with van der Waals surface area (Å²) in [6, 6.07) is 0. The van der Waals surface area contributed by atoms with Gasteiger partial charge in [-0.3, -0.25) is 10.1 Å². The van der Waals surface area contributed by atoms with E-state index in [4.69, 9.17) is 5.11 Å². The largest absolute Gasteiger partial charge is 0.594 e. The Morgan fingerprint density at radius 3 is 2.07 bits per heavy atom. The number of nitrogens with zero attached hydrogens (tertiary/aromatic N) is 3. The molecule has 0 heterocycles. The van der Waals surface area contributed by atoms with Crippen molar-refractivity contribution in [1.82, 2.24) is 0 Å². The molecule has 14 heavy (non-hydrogen) atoms. The van der Waals surface area contributed by atoms with Gasteiger partial charge in [0.1, 0.15) is 10.5 Å². The second kappa shape index (κ2) is 4.18. The number of halogens is 1. The zero-order valence-corrected chi connectivity index (χ0v) is 9.68. The minimum absolute atomic E-state index is 0.132. The summed E-state index contributed by atoms with van der Waals surface area (Å²) in [7, 11) is 0. The predicted octanol–water partition coefficient (Wildman–Crippen LogP) is 1.07. The van der Waals surface area contributed by atoms with E-state index in [1.165, 1.54) is 0 Å². The van der Waals surface area contributed by atoms with Gasteiger partial charge in [-0.25, -0.2) is 0 Å². The molecule has 0 bridgehead atoms. The fourth-order valence-electron chi connectivity index (χ4n) is 0.537. The van der Waals surface area contributed by atoms with Gasteiger partial charge in [-0.05, 0) is 30.7 Å². The highest BCUT2D eigenvalue weighted by atomic mass is 79.9. The van der Waals surface area contributed by atoms with Gasteiger partial charge in [-0.2, -0.15) is 0 Å². The first-order valence-corrected chi connectivity index (χ1v) is 4.57. The van der Waals surface area contributed by atoms with E-state index in [2.05, 4.69) is 21.0 Å². The van der Waals surface area contributed by atoms with Crippen molar-refractivity contribution in [2.75, 3.05) is 6.61 Å². The first-order chi connectivity index (χ1) is 6.13. The normalized spacial score (nSPS) is 17.6. The van der Waals surface area contributed by atoms with Crippen LogP contribution in [0.2, 0.25) is 0 Å². The van der Waals surface area contributed by atoms with Crippen LogP contribution < -0.4 is 0 Å². The Morgan fingerprint density at radius 2 is 1.86 bits per heavy atom. The molecule has 0 aliphatic heterocycles. The maximum Gasteiger partial charge on any atom is 0.514 e. The molecule has 1 N–H and O–H groups in total. The third-order valence-electron chi connectivity index (χ3n) is 1.16. The molecule has 7 nitrogen and oxygen atoms in total. The number of hydrogen-bond donors (Lipinski definition) is 1. The van der Waals surface area contributed by atoms with Crippen LogP contribution in [0.15, 0.2) is 5.11 Å². The zero-order chi connectivity index (χ0) is 11.6. The van der Waals surface area contributed by atoms with Gasteiger partial charge in [-0.15, -0.1) is 0 Å². The molecule has 1 atom stereocenters. The first kappa shape index (κ1) is 13.2. The highest BCUT2D eigenvalue weighted by molar-refractivity contribution is 9.09. The van der Waals surface area contributed by atoms with E-state index in [-0.39, 0.29) is 4.86 Å². The Labute approximate surface area is 89.3 Å². The fourth-order valence-corrected chi connectivity index (χ4v) is 0.616. The van der Waals surface area contributed by atoms with Gasteiger partial charge in [0.15, 0.2) is 6.61 Å². The van der Waals surface area contributed by atoms with Crippen LogP contribution in [0.4, 0.5) is 0 Å². The number of aliphatic hydroxyl groups excluding tert-OH is 1. The van der Waals surface area contributed by atoms with Crippen LogP contribution in [0.1, 0.15) is 20.8 Å². The molecule has 0 aromatic carbocycles. The minimum atomic E-state index is -2.29. The topological polar surface area (TPSA) is 102 Å². The van der Waals surface area contributed by atoms with Crippen molar-refractivity contribution in [3.63, 3.8) is 0 Å². The summed E-state index contributed by atoms with van der Waals surface area (Å²) in [5, 5.41) is 34.0. The number of rotatable bonds is 3. The summed E-state index contributed by atoms with van der Waals surface area (Å²) in [4.78, 5) is 9.41. The summed E-state index contributed by atoms with van der Waals surface area (Å²) in [6.45, 7) is 3.87. The Balaban J connectivity index is 5.07. The van der Waals surface area contributed by atoms with E-state index in [9.17, 15) is 15.3 Å². The monoisotopic (exact) mass is 269 g/mol. The van der Waals surface area contributed by atoms with Gasteiger partial charge in [0, 0.05) is 0 Å². The number of azo groups is 1. The van der Waals surface area contributed by atoms with Crippen LogP contribution in [0.5, 0.6) is 0 Å².